The monoisotopic (exact) mass is 239 g/mol. The van der Waals surface area contributed by atoms with Crippen LogP contribution in [-0.4, -0.2) is 29.5 Å². The maximum atomic E-state index is 11.5. The number of carbonyl (C=O) groups is 1. The molecule has 1 heterocycles. The van der Waals surface area contributed by atoms with E-state index in [0.29, 0.717) is 0 Å². The number of nitrogens with one attached hydrogen (secondary N) is 1. The van der Waals surface area contributed by atoms with E-state index >= 15 is 0 Å². The third kappa shape index (κ3) is 3.76. The second kappa shape index (κ2) is 6.93. The molecule has 0 saturated heterocycles. The first-order chi connectivity index (χ1) is 8.22. The summed E-state index contributed by atoms with van der Waals surface area (Å²) in [4.78, 5) is 11.5. The van der Waals surface area contributed by atoms with Crippen molar-refractivity contribution in [1.29, 1.82) is 0 Å². The van der Waals surface area contributed by atoms with Crippen LogP contribution in [0.3, 0.4) is 0 Å². The number of ether oxygens (including phenoxy) is 1. The van der Waals surface area contributed by atoms with Gasteiger partial charge in [-0.3, -0.25) is 0 Å². The molecule has 1 rings (SSSR count). The average Bonchev–Trinajstić information content (AvgIpc) is 2.72. The zero-order valence-electron chi connectivity index (χ0n) is 10.8. The lowest BCUT2D eigenvalue weighted by Gasteiger charge is -2.02. The molecule has 0 atom stereocenters. The fraction of sp³-hybridized carbons (Fsp3) is 0.667. The van der Waals surface area contributed by atoms with Gasteiger partial charge in [0.2, 0.25) is 0 Å². The van der Waals surface area contributed by atoms with Crippen molar-refractivity contribution < 1.29 is 9.53 Å². The van der Waals surface area contributed by atoms with E-state index < -0.39 is 6.09 Å². The Labute approximate surface area is 102 Å². The molecule has 0 aliphatic heterocycles. The second-order valence-corrected chi connectivity index (χ2v) is 3.93. The van der Waals surface area contributed by atoms with Gasteiger partial charge in [-0.2, -0.15) is 4.68 Å². The molecule has 0 unspecified atom stereocenters. The van der Waals surface area contributed by atoms with Crippen LogP contribution in [0.25, 0.3) is 0 Å². The molecule has 96 valence electrons. The number of anilines is 1. The van der Waals surface area contributed by atoms with Crippen molar-refractivity contribution >= 4 is 11.9 Å². The maximum Gasteiger partial charge on any atom is 0.434 e. The maximum absolute atomic E-state index is 11.5. The van der Waals surface area contributed by atoms with Gasteiger partial charge in [0.15, 0.2) is 0 Å². The largest absolute Gasteiger partial charge is 0.451 e. The number of carbonyl (C=O) groups excluding carboxylic acids is 1. The molecule has 1 N–H and O–H groups in total. The Balaban J connectivity index is 2.76. The first kappa shape index (κ1) is 13.5. The molecule has 0 amide bonds. The van der Waals surface area contributed by atoms with E-state index in [0.717, 1.165) is 43.7 Å². The summed E-state index contributed by atoms with van der Waals surface area (Å²) in [5.74, 6) is 0.743. The molecule has 1 aromatic rings. The van der Waals surface area contributed by atoms with Crippen LogP contribution in [0.1, 0.15) is 38.8 Å². The molecule has 0 aromatic carbocycles. The molecule has 0 saturated carbocycles. The third-order valence-corrected chi connectivity index (χ3v) is 2.47. The number of methoxy groups -OCH3 is 1. The van der Waals surface area contributed by atoms with Crippen molar-refractivity contribution in [2.45, 2.75) is 39.5 Å². The molecular formula is C12H21N3O2. The van der Waals surface area contributed by atoms with E-state index in [1.807, 2.05) is 6.07 Å². The van der Waals surface area contributed by atoms with E-state index in [-0.39, 0.29) is 0 Å². The van der Waals surface area contributed by atoms with Gasteiger partial charge in [-0.25, -0.2) is 4.79 Å². The normalized spacial score (nSPS) is 10.3. The predicted octanol–water partition coefficient (Wildman–Crippen LogP) is 2.66. The number of aryl methyl sites for hydroxylation is 1. The second-order valence-electron chi connectivity index (χ2n) is 3.93. The highest BCUT2D eigenvalue weighted by molar-refractivity contribution is 5.71. The van der Waals surface area contributed by atoms with Gasteiger partial charge in [0.25, 0.3) is 0 Å². The van der Waals surface area contributed by atoms with Crippen LogP contribution in [-0.2, 0) is 11.2 Å². The van der Waals surface area contributed by atoms with Gasteiger partial charge in [0, 0.05) is 12.6 Å². The summed E-state index contributed by atoms with van der Waals surface area (Å²) in [7, 11) is 1.37. The smallest absolute Gasteiger partial charge is 0.434 e. The summed E-state index contributed by atoms with van der Waals surface area (Å²) in [5, 5.41) is 7.41. The number of unbranched alkanes of at least 4 members (excludes halogenated alkanes) is 1. The first-order valence-electron chi connectivity index (χ1n) is 6.14. The minimum absolute atomic E-state index is 0.433. The van der Waals surface area contributed by atoms with Crippen LogP contribution in [0, 0.1) is 0 Å². The minimum atomic E-state index is -0.433. The predicted molar refractivity (Wildman–Crippen MR) is 67.4 cm³/mol. The van der Waals surface area contributed by atoms with Gasteiger partial charge >= 0.3 is 6.09 Å². The van der Waals surface area contributed by atoms with Crippen LogP contribution in [0.2, 0.25) is 0 Å². The Kier molecular flexibility index (Phi) is 5.52. The highest BCUT2D eigenvalue weighted by Crippen LogP contribution is 2.12. The van der Waals surface area contributed by atoms with Gasteiger partial charge in [0.05, 0.1) is 12.8 Å². The molecule has 0 fully saturated rings. The Hall–Kier alpha value is -1.52. The minimum Gasteiger partial charge on any atom is -0.451 e. The number of hydrogen-bond donors (Lipinski definition) is 1. The summed E-state index contributed by atoms with van der Waals surface area (Å²) in [6.07, 6.45) is 3.58. The van der Waals surface area contributed by atoms with Gasteiger partial charge in [-0.1, -0.05) is 26.7 Å². The first-order valence-corrected chi connectivity index (χ1v) is 6.14. The van der Waals surface area contributed by atoms with Crippen LogP contribution in [0.5, 0.6) is 0 Å². The zero-order chi connectivity index (χ0) is 12.7. The molecule has 0 spiro atoms. The van der Waals surface area contributed by atoms with Crippen LogP contribution in [0.15, 0.2) is 6.07 Å². The number of rotatable bonds is 6. The summed E-state index contributed by atoms with van der Waals surface area (Å²) in [6, 6.07) is 1.91. The highest BCUT2D eigenvalue weighted by Gasteiger charge is 2.13. The van der Waals surface area contributed by atoms with Crippen molar-refractivity contribution in [2.24, 2.45) is 0 Å². The number of aromatic nitrogens is 2. The van der Waals surface area contributed by atoms with E-state index in [1.54, 1.807) is 0 Å². The molecule has 0 aliphatic rings. The van der Waals surface area contributed by atoms with Crippen LogP contribution < -0.4 is 5.32 Å². The molecule has 5 heteroatoms. The topological polar surface area (TPSA) is 56.2 Å². The van der Waals surface area contributed by atoms with Crippen molar-refractivity contribution in [1.82, 2.24) is 9.78 Å². The summed E-state index contributed by atoms with van der Waals surface area (Å²) >= 11 is 0. The molecule has 0 aliphatic carbocycles. The average molecular weight is 239 g/mol. The Morgan fingerprint density at radius 1 is 1.47 bits per heavy atom. The van der Waals surface area contributed by atoms with Crippen LogP contribution in [0.4, 0.5) is 10.6 Å². The van der Waals surface area contributed by atoms with E-state index in [4.69, 9.17) is 4.74 Å². The van der Waals surface area contributed by atoms with Crippen LogP contribution >= 0.6 is 0 Å². The van der Waals surface area contributed by atoms with Gasteiger partial charge in [-0.05, 0) is 12.8 Å². The SMILES string of the molecule is CCCCNc1cc(CCC)n(C(=O)OC)n1. The van der Waals surface area contributed by atoms with Crippen molar-refractivity contribution in [2.75, 3.05) is 19.0 Å². The Bertz CT molecular complexity index is 361. The van der Waals surface area contributed by atoms with Crippen molar-refractivity contribution in [3.05, 3.63) is 11.8 Å². The lowest BCUT2D eigenvalue weighted by Crippen LogP contribution is -2.16. The summed E-state index contributed by atoms with van der Waals surface area (Å²) in [6.45, 7) is 5.08. The van der Waals surface area contributed by atoms with E-state index in [9.17, 15) is 4.79 Å². The molecule has 0 radical (unpaired) electrons. The van der Waals surface area contributed by atoms with E-state index in [2.05, 4.69) is 24.3 Å². The van der Waals surface area contributed by atoms with Crippen molar-refractivity contribution in [3.63, 3.8) is 0 Å². The fourth-order valence-corrected chi connectivity index (χ4v) is 1.58. The highest BCUT2D eigenvalue weighted by atomic mass is 16.5. The number of nitrogens with zero attached hydrogens (tertiary/aromatic N) is 2. The number of hydrogen-bond acceptors (Lipinski definition) is 4. The molecule has 0 bridgehead atoms. The van der Waals surface area contributed by atoms with Crippen molar-refractivity contribution in [3.8, 4) is 0 Å². The standard InChI is InChI=1S/C12H21N3O2/c1-4-6-8-13-11-9-10(7-5-2)15(14-11)12(16)17-3/h9H,4-8H2,1-3H3,(H,13,14). The molecule has 17 heavy (non-hydrogen) atoms. The molecular weight excluding hydrogens is 218 g/mol. The lowest BCUT2D eigenvalue weighted by atomic mass is 10.2. The van der Waals surface area contributed by atoms with Gasteiger partial charge < -0.3 is 10.1 Å². The summed E-state index contributed by atoms with van der Waals surface area (Å²) in [5.41, 5.74) is 0.887. The fourth-order valence-electron chi connectivity index (χ4n) is 1.58. The van der Waals surface area contributed by atoms with Gasteiger partial charge in [0.1, 0.15) is 5.82 Å². The molecule has 5 nitrogen and oxygen atoms in total. The zero-order valence-corrected chi connectivity index (χ0v) is 10.8. The Morgan fingerprint density at radius 2 is 2.24 bits per heavy atom. The lowest BCUT2D eigenvalue weighted by molar-refractivity contribution is 0.168. The van der Waals surface area contributed by atoms with E-state index in [1.165, 1.54) is 11.8 Å². The quantitative estimate of drug-likeness (QED) is 0.775. The molecule has 1 aromatic heterocycles. The Morgan fingerprint density at radius 3 is 2.82 bits per heavy atom. The summed E-state index contributed by atoms with van der Waals surface area (Å²) < 4.78 is 6.03. The third-order valence-electron chi connectivity index (χ3n) is 2.47. The van der Waals surface area contributed by atoms with Gasteiger partial charge in [-0.15, -0.1) is 5.10 Å².